The van der Waals surface area contributed by atoms with E-state index in [0.29, 0.717) is 50.9 Å². The highest BCUT2D eigenvalue weighted by atomic mass is 19.4. The number of likely N-dealkylation sites (tertiary alicyclic amines) is 1. The summed E-state index contributed by atoms with van der Waals surface area (Å²) in [6.45, 7) is 4.31. The summed E-state index contributed by atoms with van der Waals surface area (Å²) >= 11 is 0. The van der Waals surface area contributed by atoms with Crippen LogP contribution in [-0.4, -0.2) is 51.5 Å². The summed E-state index contributed by atoms with van der Waals surface area (Å²) in [7, 11) is 0. The highest BCUT2D eigenvalue weighted by Crippen LogP contribution is 2.53. The number of imidazole rings is 1. The molecule has 0 bridgehead atoms. The van der Waals surface area contributed by atoms with Crippen LogP contribution in [0.15, 0.2) is 61.1 Å². The molecule has 5 rings (SSSR count). The number of carbonyl (C=O) groups excluding carboxylic acids is 2. The second kappa shape index (κ2) is 11.5. The first-order valence-corrected chi connectivity index (χ1v) is 14.2. The fraction of sp³-hybridized carbons (Fsp3) is 0.452. The number of primary amides is 1. The van der Waals surface area contributed by atoms with Crippen LogP contribution in [0.2, 0.25) is 0 Å². The largest absolute Gasteiger partial charge is 0.573 e. The Morgan fingerprint density at radius 1 is 1.07 bits per heavy atom. The highest BCUT2D eigenvalue weighted by molar-refractivity contribution is 5.85. The maximum atomic E-state index is 14.0. The molecule has 43 heavy (non-hydrogen) atoms. The third-order valence-corrected chi connectivity index (χ3v) is 8.34. The SMILES string of the molecule is CC(C)(CCC1(C(=O)N2CC(c3ccc(OC(F)(F)F)cc3)CC(c3cn(-c4cccc(F)c4)cn3)C2)CC1)OC(N)=O. The standard InChI is InChI=1S/C31H34F4N4O4/c1-29(2,43-28(36)41)10-11-30(12-13-30)27(40)38-16-21(20-6-8-25(9-7-20)42-31(33,34)35)14-22(17-38)26-18-39(19-37-26)24-5-3-4-23(32)15-24/h3-9,15,18-19,21-22H,10-14,16-17H2,1-2H3,(H2,36,41). The lowest BCUT2D eigenvalue weighted by atomic mass is 9.82. The fourth-order valence-electron chi connectivity index (χ4n) is 5.91. The number of aromatic nitrogens is 2. The van der Waals surface area contributed by atoms with Gasteiger partial charge in [-0.3, -0.25) is 4.79 Å². The van der Waals surface area contributed by atoms with Gasteiger partial charge in [-0.1, -0.05) is 18.2 Å². The molecule has 2 unspecified atom stereocenters. The fourth-order valence-corrected chi connectivity index (χ4v) is 5.91. The zero-order valence-corrected chi connectivity index (χ0v) is 23.9. The number of hydrogen-bond acceptors (Lipinski definition) is 5. The molecule has 1 saturated carbocycles. The smallest absolute Gasteiger partial charge is 0.444 e. The van der Waals surface area contributed by atoms with Gasteiger partial charge in [0.15, 0.2) is 0 Å². The maximum Gasteiger partial charge on any atom is 0.573 e. The summed E-state index contributed by atoms with van der Waals surface area (Å²) < 4.78 is 63.0. The van der Waals surface area contributed by atoms with Crippen LogP contribution in [0.25, 0.3) is 5.69 Å². The van der Waals surface area contributed by atoms with Crippen LogP contribution >= 0.6 is 0 Å². The van der Waals surface area contributed by atoms with Crippen molar-refractivity contribution in [2.45, 2.75) is 69.8 Å². The van der Waals surface area contributed by atoms with Crippen molar-refractivity contribution >= 4 is 12.0 Å². The Labute approximate surface area is 246 Å². The summed E-state index contributed by atoms with van der Waals surface area (Å²) in [5, 5.41) is 0. The first kappa shape index (κ1) is 30.4. The van der Waals surface area contributed by atoms with E-state index in [4.69, 9.17) is 10.5 Å². The number of ether oxygens (including phenoxy) is 2. The molecule has 1 aliphatic carbocycles. The summed E-state index contributed by atoms with van der Waals surface area (Å²) in [6.07, 6.45) is 0.772. The van der Waals surface area contributed by atoms with E-state index in [0.717, 1.165) is 11.3 Å². The van der Waals surface area contributed by atoms with Gasteiger partial charge in [-0.15, -0.1) is 13.2 Å². The number of hydrogen-bond donors (Lipinski definition) is 1. The van der Waals surface area contributed by atoms with Gasteiger partial charge in [-0.25, -0.2) is 14.2 Å². The third kappa shape index (κ3) is 7.47. The average molecular weight is 603 g/mol. The first-order chi connectivity index (χ1) is 20.2. The summed E-state index contributed by atoms with van der Waals surface area (Å²) in [5.74, 6) is -1.04. The van der Waals surface area contributed by atoms with Gasteiger partial charge < -0.3 is 24.7 Å². The minimum Gasteiger partial charge on any atom is -0.444 e. The molecule has 0 radical (unpaired) electrons. The molecular weight excluding hydrogens is 568 g/mol. The van der Waals surface area contributed by atoms with Crippen LogP contribution in [0.1, 0.15) is 69.0 Å². The molecule has 0 spiro atoms. The van der Waals surface area contributed by atoms with Crippen molar-refractivity contribution in [3.05, 3.63) is 78.1 Å². The number of nitrogens with two attached hydrogens (primary N) is 1. The van der Waals surface area contributed by atoms with E-state index in [1.807, 2.05) is 11.1 Å². The molecule has 2 aromatic carbocycles. The zero-order valence-electron chi connectivity index (χ0n) is 23.9. The van der Waals surface area contributed by atoms with Crippen molar-refractivity contribution in [1.29, 1.82) is 0 Å². The van der Waals surface area contributed by atoms with Crippen LogP contribution in [0.4, 0.5) is 22.4 Å². The van der Waals surface area contributed by atoms with Crippen LogP contribution in [-0.2, 0) is 9.53 Å². The monoisotopic (exact) mass is 602 g/mol. The van der Waals surface area contributed by atoms with E-state index in [1.165, 1.54) is 24.3 Å². The average Bonchev–Trinajstić information content (AvgIpc) is 3.56. The van der Waals surface area contributed by atoms with E-state index in [2.05, 4.69) is 9.72 Å². The summed E-state index contributed by atoms with van der Waals surface area (Å²) in [6, 6.07) is 11.9. The minimum atomic E-state index is -4.79. The van der Waals surface area contributed by atoms with E-state index in [9.17, 15) is 27.2 Å². The molecular formula is C31H34F4N4O4. The number of amides is 2. The predicted octanol–water partition coefficient (Wildman–Crippen LogP) is 6.44. The Kier molecular flexibility index (Phi) is 8.15. The second-order valence-corrected chi connectivity index (χ2v) is 12.1. The number of halogens is 4. The molecule has 2 N–H and O–H groups in total. The number of carbonyl (C=O) groups is 2. The number of alkyl halides is 3. The van der Waals surface area contributed by atoms with E-state index in [1.54, 1.807) is 49.0 Å². The van der Waals surface area contributed by atoms with Gasteiger partial charge in [-0.2, -0.15) is 0 Å². The molecule has 2 atom stereocenters. The molecule has 12 heteroatoms. The molecule has 1 saturated heterocycles. The molecule has 8 nitrogen and oxygen atoms in total. The lowest BCUT2D eigenvalue weighted by molar-refractivity contribution is -0.274. The van der Waals surface area contributed by atoms with Crippen LogP contribution < -0.4 is 10.5 Å². The van der Waals surface area contributed by atoms with Crippen molar-refractivity contribution in [3.63, 3.8) is 0 Å². The number of rotatable bonds is 9. The molecule has 2 fully saturated rings. The lowest BCUT2D eigenvalue weighted by Gasteiger charge is -2.39. The molecule has 1 aromatic heterocycles. The van der Waals surface area contributed by atoms with Crippen LogP contribution in [0.3, 0.4) is 0 Å². The van der Waals surface area contributed by atoms with E-state index in [-0.39, 0.29) is 29.3 Å². The Morgan fingerprint density at radius 3 is 2.40 bits per heavy atom. The van der Waals surface area contributed by atoms with Crippen molar-refractivity contribution < 1.29 is 36.6 Å². The van der Waals surface area contributed by atoms with Crippen molar-refractivity contribution in [2.24, 2.45) is 11.1 Å². The maximum absolute atomic E-state index is 14.0. The zero-order chi connectivity index (χ0) is 31.0. The molecule has 2 heterocycles. The van der Waals surface area contributed by atoms with Gasteiger partial charge in [0.2, 0.25) is 5.91 Å². The van der Waals surface area contributed by atoms with Gasteiger partial charge in [0.1, 0.15) is 17.2 Å². The minimum absolute atomic E-state index is 0.00124. The predicted molar refractivity (Wildman–Crippen MR) is 149 cm³/mol. The molecule has 2 aliphatic rings. The number of nitrogens with zero attached hydrogens (tertiary/aromatic N) is 3. The summed E-state index contributed by atoms with van der Waals surface area (Å²) in [5.41, 5.74) is 5.93. The van der Waals surface area contributed by atoms with Crippen LogP contribution in [0, 0.1) is 11.2 Å². The van der Waals surface area contributed by atoms with Gasteiger partial charge in [0, 0.05) is 42.2 Å². The third-order valence-electron chi connectivity index (χ3n) is 8.34. The van der Waals surface area contributed by atoms with Crippen molar-refractivity contribution in [3.8, 4) is 11.4 Å². The summed E-state index contributed by atoms with van der Waals surface area (Å²) in [4.78, 5) is 31.8. The molecule has 1 aliphatic heterocycles. The van der Waals surface area contributed by atoms with Crippen molar-refractivity contribution in [1.82, 2.24) is 14.5 Å². The second-order valence-electron chi connectivity index (χ2n) is 12.1. The lowest BCUT2D eigenvalue weighted by Crippen LogP contribution is -2.46. The highest BCUT2D eigenvalue weighted by Gasteiger charge is 2.53. The van der Waals surface area contributed by atoms with Gasteiger partial charge >= 0.3 is 12.5 Å². The number of piperidine rings is 1. The van der Waals surface area contributed by atoms with Gasteiger partial charge in [-0.05, 0) is 81.8 Å². The molecule has 2 amide bonds. The molecule has 3 aromatic rings. The Morgan fingerprint density at radius 2 is 1.77 bits per heavy atom. The normalized spacial score (nSPS) is 20.0. The van der Waals surface area contributed by atoms with Crippen molar-refractivity contribution in [2.75, 3.05) is 13.1 Å². The Hall–Kier alpha value is -4.09. The van der Waals surface area contributed by atoms with Crippen LogP contribution in [0.5, 0.6) is 5.75 Å². The molecule has 230 valence electrons. The van der Waals surface area contributed by atoms with E-state index >= 15 is 0 Å². The van der Waals surface area contributed by atoms with Gasteiger partial charge in [0.25, 0.3) is 0 Å². The quantitative estimate of drug-likeness (QED) is 0.284. The van der Waals surface area contributed by atoms with E-state index < -0.39 is 23.5 Å². The number of benzene rings is 2. The Balaban J connectivity index is 1.38. The Bertz CT molecular complexity index is 1470. The first-order valence-electron chi connectivity index (χ1n) is 14.2. The topological polar surface area (TPSA) is 99.7 Å². The van der Waals surface area contributed by atoms with Gasteiger partial charge in [0.05, 0.1) is 12.0 Å².